The van der Waals surface area contributed by atoms with Gasteiger partial charge in [-0.3, -0.25) is 0 Å². The average molecular weight is 369 g/mol. The number of nitrogens with one attached hydrogen (secondary N) is 1. The fraction of sp³-hybridized carbons (Fsp3) is 0.250. The van der Waals surface area contributed by atoms with Gasteiger partial charge in [0.05, 0.1) is 23.2 Å². The van der Waals surface area contributed by atoms with Crippen LogP contribution in [0.2, 0.25) is 0 Å². The van der Waals surface area contributed by atoms with E-state index < -0.39 is 0 Å². The Morgan fingerprint density at radius 1 is 1.04 bits per heavy atom. The normalized spacial score (nSPS) is 15.3. The first-order valence-electron chi connectivity index (χ1n) is 8.19. The van der Waals surface area contributed by atoms with Gasteiger partial charge in [-0.2, -0.15) is 0 Å². The molecule has 1 aliphatic heterocycles. The second-order valence-corrected chi connectivity index (χ2v) is 8.91. The Morgan fingerprint density at radius 3 is 2.52 bits per heavy atom. The van der Waals surface area contributed by atoms with E-state index >= 15 is 0 Å². The lowest BCUT2D eigenvalue weighted by Gasteiger charge is -2.33. The van der Waals surface area contributed by atoms with Crippen LogP contribution < -0.4 is 14.7 Å². The second kappa shape index (κ2) is 6.00. The molecule has 3 nitrogen and oxygen atoms in total. The van der Waals surface area contributed by atoms with E-state index in [4.69, 9.17) is 9.73 Å². The highest BCUT2D eigenvalue weighted by molar-refractivity contribution is 7.68. The molecule has 0 saturated heterocycles. The predicted molar refractivity (Wildman–Crippen MR) is 107 cm³/mol. The number of nitrogens with zero attached hydrogens (tertiary/aromatic N) is 1. The van der Waals surface area contributed by atoms with Crippen molar-refractivity contribution >= 4 is 32.1 Å². The molecule has 128 valence electrons. The quantitative estimate of drug-likeness (QED) is 0.590. The van der Waals surface area contributed by atoms with Crippen LogP contribution in [0.5, 0.6) is 5.75 Å². The van der Waals surface area contributed by atoms with Crippen molar-refractivity contribution in [3.63, 3.8) is 0 Å². The molecule has 2 heterocycles. The summed E-state index contributed by atoms with van der Waals surface area (Å²) in [5.41, 5.74) is 5.65. The number of anilines is 1. The minimum absolute atomic E-state index is 0.128. The standard InChI is InChI=1S/C20H20N2OS2/c1-12-5-7-13(8-6-12)21-19-17-15-10-9-14(23-4)11-16(15)22-20(2,3)18(17)24-25-19/h5-11,22H,1-4H3. The number of rotatable bonds is 2. The molecule has 0 radical (unpaired) electrons. The molecule has 4 rings (SSSR count). The maximum Gasteiger partial charge on any atom is 0.135 e. The first kappa shape index (κ1) is 16.4. The van der Waals surface area contributed by atoms with E-state index in [0.29, 0.717) is 0 Å². The van der Waals surface area contributed by atoms with Crippen molar-refractivity contribution in [1.82, 2.24) is 0 Å². The second-order valence-electron chi connectivity index (χ2n) is 6.78. The summed E-state index contributed by atoms with van der Waals surface area (Å²) >= 11 is 0. The van der Waals surface area contributed by atoms with Gasteiger partial charge in [0, 0.05) is 22.9 Å². The zero-order valence-corrected chi connectivity index (χ0v) is 16.3. The number of methoxy groups -OCH3 is 1. The number of benzene rings is 2. The molecule has 0 aliphatic carbocycles. The van der Waals surface area contributed by atoms with Crippen molar-refractivity contribution in [3.8, 4) is 16.9 Å². The third-order valence-electron chi connectivity index (χ3n) is 4.42. The zero-order valence-electron chi connectivity index (χ0n) is 14.7. The predicted octanol–water partition coefficient (Wildman–Crippen LogP) is 5.69. The molecule has 0 atom stereocenters. The van der Waals surface area contributed by atoms with E-state index in [0.717, 1.165) is 21.8 Å². The van der Waals surface area contributed by atoms with Gasteiger partial charge in [-0.15, -0.1) is 0 Å². The summed E-state index contributed by atoms with van der Waals surface area (Å²) in [6, 6.07) is 14.6. The maximum atomic E-state index is 5.40. The fourth-order valence-corrected chi connectivity index (χ4v) is 6.03. The van der Waals surface area contributed by atoms with Crippen LogP contribution in [0.1, 0.15) is 24.3 Å². The minimum atomic E-state index is -0.128. The molecule has 1 N–H and O–H groups in total. The number of hydrogen-bond acceptors (Lipinski definition) is 5. The summed E-state index contributed by atoms with van der Waals surface area (Å²) in [7, 11) is 5.25. The Bertz CT molecular complexity index is 997. The lowest BCUT2D eigenvalue weighted by Crippen LogP contribution is -2.31. The van der Waals surface area contributed by atoms with Gasteiger partial charge in [0.15, 0.2) is 0 Å². The van der Waals surface area contributed by atoms with Gasteiger partial charge in [0.2, 0.25) is 0 Å². The summed E-state index contributed by atoms with van der Waals surface area (Å²) in [6.07, 6.45) is 0. The molecule has 0 saturated carbocycles. The van der Waals surface area contributed by atoms with Crippen molar-refractivity contribution in [1.29, 1.82) is 0 Å². The molecule has 0 amide bonds. The number of fused-ring (bicyclic) bond motifs is 3. The van der Waals surface area contributed by atoms with Crippen molar-refractivity contribution in [2.45, 2.75) is 26.3 Å². The molecule has 0 bridgehead atoms. The molecule has 3 aromatic rings. The zero-order chi connectivity index (χ0) is 17.6. The van der Waals surface area contributed by atoms with Crippen LogP contribution in [0, 0.1) is 6.92 Å². The van der Waals surface area contributed by atoms with Gasteiger partial charge in [-0.05, 0) is 45.0 Å². The SMILES string of the molecule is COc1ccc2c(c1)NC(C)(C)c1ssc(=Nc3ccc(C)cc3)c1-2. The van der Waals surface area contributed by atoms with Gasteiger partial charge < -0.3 is 10.1 Å². The molecular weight excluding hydrogens is 348 g/mol. The van der Waals surface area contributed by atoms with E-state index in [1.807, 2.05) is 16.4 Å². The number of ether oxygens (including phenoxy) is 1. The van der Waals surface area contributed by atoms with Crippen LogP contribution in [0.25, 0.3) is 11.1 Å². The minimum Gasteiger partial charge on any atom is -0.497 e. The van der Waals surface area contributed by atoms with Crippen LogP contribution in [-0.4, -0.2) is 7.11 Å². The Hall–Kier alpha value is -2.11. The van der Waals surface area contributed by atoms with E-state index in [-0.39, 0.29) is 5.54 Å². The summed E-state index contributed by atoms with van der Waals surface area (Å²) < 4.78 is 6.47. The Kier molecular flexibility index (Phi) is 3.93. The molecule has 0 spiro atoms. The molecule has 0 fully saturated rings. The first-order valence-corrected chi connectivity index (χ1v) is 10.3. The highest BCUT2D eigenvalue weighted by atomic mass is 32.9. The molecule has 0 unspecified atom stereocenters. The van der Waals surface area contributed by atoms with Crippen molar-refractivity contribution < 1.29 is 4.74 Å². The highest BCUT2D eigenvalue weighted by Crippen LogP contribution is 2.46. The van der Waals surface area contributed by atoms with Crippen molar-refractivity contribution in [3.05, 3.63) is 57.6 Å². The van der Waals surface area contributed by atoms with Crippen LogP contribution >= 0.6 is 20.7 Å². The summed E-state index contributed by atoms with van der Waals surface area (Å²) in [6.45, 7) is 6.52. The van der Waals surface area contributed by atoms with Gasteiger partial charge in [0.25, 0.3) is 0 Å². The molecule has 25 heavy (non-hydrogen) atoms. The summed E-state index contributed by atoms with van der Waals surface area (Å²) in [4.78, 5) is 6.27. The Balaban J connectivity index is 1.94. The van der Waals surface area contributed by atoms with E-state index in [9.17, 15) is 0 Å². The molecule has 1 aliphatic rings. The van der Waals surface area contributed by atoms with Crippen LogP contribution in [0.15, 0.2) is 47.5 Å². The topological polar surface area (TPSA) is 33.6 Å². The fourth-order valence-electron chi connectivity index (χ4n) is 3.09. The van der Waals surface area contributed by atoms with Gasteiger partial charge in [-0.1, -0.05) is 38.4 Å². The van der Waals surface area contributed by atoms with Crippen molar-refractivity contribution in [2.75, 3.05) is 12.4 Å². The van der Waals surface area contributed by atoms with Gasteiger partial charge in [-0.25, -0.2) is 4.99 Å². The largest absolute Gasteiger partial charge is 0.497 e. The lowest BCUT2D eigenvalue weighted by atomic mass is 9.90. The van der Waals surface area contributed by atoms with Gasteiger partial charge >= 0.3 is 0 Å². The molecule has 1 aromatic heterocycles. The lowest BCUT2D eigenvalue weighted by molar-refractivity contribution is 0.415. The van der Waals surface area contributed by atoms with E-state index in [1.54, 1.807) is 17.5 Å². The maximum absolute atomic E-state index is 5.40. The average Bonchev–Trinajstić information content (AvgIpc) is 3.01. The first-order chi connectivity index (χ1) is 12.0. The third kappa shape index (κ3) is 2.87. The highest BCUT2D eigenvalue weighted by Gasteiger charge is 2.33. The monoisotopic (exact) mass is 368 g/mol. The Labute approximate surface area is 155 Å². The summed E-state index contributed by atoms with van der Waals surface area (Å²) in [5.74, 6) is 0.862. The molecule has 2 aromatic carbocycles. The van der Waals surface area contributed by atoms with E-state index in [2.05, 4.69) is 62.5 Å². The van der Waals surface area contributed by atoms with Crippen LogP contribution in [-0.2, 0) is 5.54 Å². The number of hydrogen-bond donors (Lipinski definition) is 1. The van der Waals surface area contributed by atoms with Crippen LogP contribution in [0.3, 0.4) is 0 Å². The van der Waals surface area contributed by atoms with Crippen LogP contribution in [0.4, 0.5) is 11.4 Å². The number of aryl methyl sites for hydroxylation is 1. The molecule has 5 heteroatoms. The van der Waals surface area contributed by atoms with Crippen molar-refractivity contribution in [2.24, 2.45) is 4.99 Å². The Morgan fingerprint density at radius 2 is 1.80 bits per heavy atom. The smallest absolute Gasteiger partial charge is 0.135 e. The van der Waals surface area contributed by atoms with E-state index in [1.165, 1.54) is 21.6 Å². The van der Waals surface area contributed by atoms with Gasteiger partial charge in [0.1, 0.15) is 10.4 Å². The third-order valence-corrected chi connectivity index (χ3v) is 7.06. The molecular formula is C20H20N2OS2. The summed E-state index contributed by atoms with van der Waals surface area (Å²) in [5, 5.41) is 3.65.